The minimum absolute atomic E-state index is 0.0569. The van der Waals surface area contributed by atoms with E-state index in [4.69, 9.17) is 9.47 Å². The molecule has 0 spiro atoms. The van der Waals surface area contributed by atoms with Crippen LogP contribution in [0.15, 0.2) is 113 Å². The molecule has 1 aliphatic heterocycles. The number of benzene rings is 4. The molecule has 0 bridgehead atoms. The average Bonchev–Trinajstić information content (AvgIpc) is 3.65. The van der Waals surface area contributed by atoms with Gasteiger partial charge in [-0.1, -0.05) is 108 Å². The number of amides is 1. The van der Waals surface area contributed by atoms with E-state index in [1.54, 1.807) is 24.3 Å². The number of fused-ring (bicyclic) bond motifs is 1. The van der Waals surface area contributed by atoms with Crippen molar-refractivity contribution in [1.29, 1.82) is 0 Å². The van der Waals surface area contributed by atoms with Crippen LogP contribution in [0.1, 0.15) is 29.7 Å². The number of ether oxygens (including phenoxy) is 2. The van der Waals surface area contributed by atoms with Crippen molar-refractivity contribution in [2.75, 3.05) is 18.6 Å². The van der Waals surface area contributed by atoms with Gasteiger partial charge in [0.15, 0.2) is 27.4 Å². The van der Waals surface area contributed by atoms with E-state index >= 15 is 0 Å². The lowest BCUT2D eigenvalue weighted by Crippen LogP contribution is -2.30. The number of thioether (sulfide) groups is 1. The minimum Gasteiger partial charge on any atom is -0.503 e. The van der Waals surface area contributed by atoms with Crippen LogP contribution in [0.2, 0.25) is 0 Å². The van der Waals surface area contributed by atoms with Crippen LogP contribution in [-0.4, -0.2) is 40.7 Å². The number of rotatable bonds is 11. The minimum atomic E-state index is -0.973. The van der Waals surface area contributed by atoms with Gasteiger partial charge in [0.2, 0.25) is 5.13 Å². The van der Waals surface area contributed by atoms with Gasteiger partial charge in [-0.15, -0.1) is 10.2 Å². The lowest BCUT2D eigenvalue weighted by molar-refractivity contribution is -0.117. The Labute approximate surface area is 268 Å². The van der Waals surface area contributed by atoms with Gasteiger partial charge in [0.05, 0.1) is 25.3 Å². The van der Waals surface area contributed by atoms with Gasteiger partial charge < -0.3 is 14.6 Å². The van der Waals surface area contributed by atoms with Crippen LogP contribution >= 0.6 is 23.1 Å². The zero-order valence-electron chi connectivity index (χ0n) is 24.5. The predicted molar refractivity (Wildman–Crippen MR) is 178 cm³/mol. The summed E-state index contributed by atoms with van der Waals surface area (Å²) in [6.45, 7) is 2.30. The van der Waals surface area contributed by atoms with E-state index in [2.05, 4.69) is 34.5 Å². The van der Waals surface area contributed by atoms with Crippen molar-refractivity contribution < 1.29 is 24.2 Å². The lowest BCUT2D eigenvalue weighted by atomic mass is 9.95. The Morgan fingerprint density at radius 3 is 2.58 bits per heavy atom. The molecule has 1 amide bonds. The molecule has 1 aromatic heterocycles. The molecule has 1 atom stereocenters. The SMILES string of the molecule is CCOc1ccc(C2C(C(=O)/C=C/c3ccccc3)=C(O)C(=O)N2c2nnc(SCc3cccc4ccccc34)s2)cc1OC. The second kappa shape index (κ2) is 13.4. The number of methoxy groups -OCH3 is 1. The molecule has 0 aliphatic carbocycles. The number of allylic oxidation sites excluding steroid dienone is 1. The highest BCUT2D eigenvalue weighted by atomic mass is 32.2. The molecule has 0 fully saturated rings. The van der Waals surface area contributed by atoms with E-state index in [1.807, 2.05) is 55.5 Å². The Hall–Kier alpha value is -4.93. The fourth-order valence-corrected chi connectivity index (χ4v) is 7.11. The van der Waals surface area contributed by atoms with Gasteiger partial charge in [-0.25, -0.2) is 0 Å². The maximum atomic E-state index is 13.7. The first-order valence-corrected chi connectivity index (χ1v) is 16.1. The molecule has 1 unspecified atom stereocenters. The highest BCUT2D eigenvalue weighted by Gasteiger charge is 2.45. The van der Waals surface area contributed by atoms with Crippen LogP contribution in [0.4, 0.5) is 5.13 Å². The topological polar surface area (TPSA) is 102 Å². The van der Waals surface area contributed by atoms with Crippen molar-refractivity contribution in [2.24, 2.45) is 0 Å². The fraction of sp³-hybridized carbons (Fsp3) is 0.143. The smallest absolute Gasteiger partial charge is 0.296 e. The van der Waals surface area contributed by atoms with E-state index in [1.165, 1.54) is 41.2 Å². The summed E-state index contributed by atoms with van der Waals surface area (Å²) in [5.74, 6) is -0.251. The maximum absolute atomic E-state index is 13.7. The maximum Gasteiger partial charge on any atom is 0.296 e. The fourth-order valence-electron chi connectivity index (χ4n) is 5.24. The molecule has 0 saturated heterocycles. The number of hydrogen-bond donors (Lipinski definition) is 1. The molecule has 5 aromatic rings. The molecule has 4 aromatic carbocycles. The van der Waals surface area contributed by atoms with E-state index < -0.39 is 23.5 Å². The van der Waals surface area contributed by atoms with Gasteiger partial charge in [0, 0.05) is 5.75 Å². The highest BCUT2D eigenvalue weighted by molar-refractivity contribution is 8.00. The Morgan fingerprint density at radius 1 is 1.00 bits per heavy atom. The van der Waals surface area contributed by atoms with Gasteiger partial charge in [-0.3, -0.25) is 14.5 Å². The lowest BCUT2D eigenvalue weighted by Gasteiger charge is -2.24. The molecular formula is C35H29N3O5S2. The number of nitrogens with zero attached hydrogens (tertiary/aromatic N) is 3. The summed E-state index contributed by atoms with van der Waals surface area (Å²) in [5, 5.41) is 22.4. The second-order valence-corrected chi connectivity index (χ2v) is 12.2. The summed E-state index contributed by atoms with van der Waals surface area (Å²) >= 11 is 2.74. The number of carbonyl (C=O) groups is 2. The monoisotopic (exact) mass is 635 g/mol. The molecule has 0 saturated carbocycles. The van der Waals surface area contributed by atoms with E-state index in [0.29, 0.717) is 33.8 Å². The average molecular weight is 636 g/mol. The molecule has 226 valence electrons. The van der Waals surface area contributed by atoms with Crippen LogP contribution in [0.5, 0.6) is 11.5 Å². The molecule has 8 nitrogen and oxygen atoms in total. The Balaban J connectivity index is 1.34. The van der Waals surface area contributed by atoms with E-state index in [9.17, 15) is 14.7 Å². The van der Waals surface area contributed by atoms with Gasteiger partial charge in [-0.2, -0.15) is 0 Å². The van der Waals surface area contributed by atoms with Crippen LogP contribution < -0.4 is 14.4 Å². The first-order valence-electron chi connectivity index (χ1n) is 14.3. The number of carbonyl (C=O) groups excluding carboxylic acids is 2. The number of hydrogen-bond acceptors (Lipinski definition) is 9. The third-order valence-electron chi connectivity index (χ3n) is 7.34. The predicted octanol–water partition coefficient (Wildman–Crippen LogP) is 7.57. The summed E-state index contributed by atoms with van der Waals surface area (Å²) in [6, 6.07) is 27.9. The van der Waals surface area contributed by atoms with Gasteiger partial charge in [0.25, 0.3) is 5.91 Å². The summed E-state index contributed by atoms with van der Waals surface area (Å²) in [7, 11) is 1.52. The van der Waals surface area contributed by atoms with E-state index in [-0.39, 0.29) is 10.7 Å². The number of aromatic nitrogens is 2. The Bertz CT molecular complexity index is 1930. The van der Waals surface area contributed by atoms with Crippen LogP contribution in [0.25, 0.3) is 16.8 Å². The van der Waals surface area contributed by atoms with Gasteiger partial charge in [-0.05, 0) is 52.6 Å². The molecule has 10 heteroatoms. The normalized spacial score (nSPS) is 14.9. The first kappa shape index (κ1) is 30.1. The first-order chi connectivity index (χ1) is 22.0. The third kappa shape index (κ3) is 6.20. The van der Waals surface area contributed by atoms with Crippen molar-refractivity contribution in [3.63, 3.8) is 0 Å². The quantitative estimate of drug-likeness (QED) is 0.0901. The van der Waals surface area contributed by atoms with Gasteiger partial charge >= 0.3 is 0 Å². The summed E-state index contributed by atoms with van der Waals surface area (Å²) in [5.41, 5.74) is 2.45. The molecular weight excluding hydrogens is 607 g/mol. The molecule has 45 heavy (non-hydrogen) atoms. The van der Waals surface area contributed by atoms with E-state index in [0.717, 1.165) is 21.9 Å². The van der Waals surface area contributed by atoms with Crippen molar-refractivity contribution in [3.05, 3.63) is 125 Å². The van der Waals surface area contributed by atoms with Gasteiger partial charge in [0.1, 0.15) is 0 Å². The Kier molecular flexibility index (Phi) is 8.95. The number of aliphatic hydroxyl groups excluding tert-OH is 1. The number of aliphatic hydroxyl groups is 1. The molecule has 6 rings (SSSR count). The number of ketones is 1. The summed E-state index contributed by atoms with van der Waals surface area (Å²) in [6.07, 6.45) is 3.01. The van der Waals surface area contributed by atoms with Crippen LogP contribution in [0, 0.1) is 0 Å². The standard InChI is InChI=1S/C35H29N3O5S2/c1-3-43-28-19-17-24(20-29(28)42-2)31-30(27(39)18-16-22-10-5-4-6-11-22)32(40)33(41)38(31)34-36-37-35(45-34)44-21-25-14-9-13-23-12-7-8-15-26(23)25/h4-20,31,40H,3,21H2,1-2H3/b18-16+. The third-order valence-corrected chi connectivity index (χ3v) is 9.44. The highest BCUT2D eigenvalue weighted by Crippen LogP contribution is 2.45. The summed E-state index contributed by atoms with van der Waals surface area (Å²) < 4.78 is 11.9. The Morgan fingerprint density at radius 2 is 1.78 bits per heavy atom. The zero-order chi connectivity index (χ0) is 31.3. The molecule has 1 aliphatic rings. The summed E-state index contributed by atoms with van der Waals surface area (Å²) in [4.78, 5) is 28.6. The van der Waals surface area contributed by atoms with Crippen molar-refractivity contribution in [2.45, 2.75) is 23.1 Å². The van der Waals surface area contributed by atoms with Crippen LogP contribution in [0.3, 0.4) is 0 Å². The van der Waals surface area contributed by atoms with Crippen LogP contribution in [-0.2, 0) is 15.3 Å². The van der Waals surface area contributed by atoms with Crippen molar-refractivity contribution in [1.82, 2.24) is 10.2 Å². The van der Waals surface area contributed by atoms with Crippen molar-refractivity contribution >= 4 is 56.8 Å². The molecule has 1 N–H and O–H groups in total. The number of anilines is 1. The molecule has 0 radical (unpaired) electrons. The largest absolute Gasteiger partial charge is 0.503 e. The molecule has 2 heterocycles. The van der Waals surface area contributed by atoms with Crippen molar-refractivity contribution in [3.8, 4) is 11.5 Å². The second-order valence-electron chi connectivity index (χ2n) is 10.1. The zero-order valence-corrected chi connectivity index (χ0v) is 26.2.